The molecule has 8 amide bonds. The number of hydrogen-bond acceptors (Lipinski definition) is 17. The van der Waals surface area contributed by atoms with Gasteiger partial charge in [0.15, 0.2) is 0 Å². The van der Waals surface area contributed by atoms with Gasteiger partial charge in [0, 0.05) is 12.8 Å². The number of aliphatic hydroxyl groups excluding tert-OH is 1. The van der Waals surface area contributed by atoms with Gasteiger partial charge in [-0.05, 0) is 123 Å². The summed E-state index contributed by atoms with van der Waals surface area (Å²) < 4.78 is 0. The molecule has 0 spiro atoms. The van der Waals surface area contributed by atoms with Gasteiger partial charge < -0.3 is 84.6 Å². The lowest BCUT2D eigenvalue weighted by Crippen LogP contribution is -2.62. The zero-order chi connectivity index (χ0) is 63.5. The highest BCUT2D eigenvalue weighted by atomic mass is 32.2. The Kier molecular flexibility index (Phi) is 30.2. The summed E-state index contributed by atoms with van der Waals surface area (Å²) in [4.78, 5) is 137. The van der Waals surface area contributed by atoms with Gasteiger partial charge in [-0.15, -0.1) is 0 Å². The number of aliphatic carboxylic acids is 2. The molecule has 12 atom stereocenters. The number of carboxylic acids is 2. The number of carboxylic acid groups (broad SMARTS) is 2. The molecule has 0 aliphatic carbocycles. The second kappa shape index (κ2) is 36.0. The van der Waals surface area contributed by atoms with E-state index in [-0.39, 0.29) is 68.7 Å². The third-order valence-electron chi connectivity index (χ3n) is 14.2. The van der Waals surface area contributed by atoms with E-state index >= 15 is 0 Å². The topological polar surface area (TPSA) is 440 Å². The van der Waals surface area contributed by atoms with E-state index < -0.39 is 138 Å². The van der Waals surface area contributed by atoms with Gasteiger partial charge in [-0.1, -0.05) is 76.9 Å². The zero-order valence-corrected chi connectivity index (χ0v) is 49.5. The molecular formula is C58H84N10O16S. The van der Waals surface area contributed by atoms with Gasteiger partial charge in [-0.2, -0.15) is 11.8 Å². The van der Waals surface area contributed by atoms with Gasteiger partial charge in [-0.25, -0.2) is 4.79 Å². The predicted octanol–water partition coefficient (Wildman–Crippen LogP) is -0.0486. The number of hydrogen-bond donors (Lipinski definition) is 16. The fourth-order valence-corrected chi connectivity index (χ4v) is 9.15. The van der Waals surface area contributed by atoms with Crippen LogP contribution in [0.4, 0.5) is 0 Å². The fraction of sp³-hybridized carbons (Fsp3) is 0.517. The summed E-state index contributed by atoms with van der Waals surface area (Å²) in [6.45, 7) is 8.05. The van der Waals surface area contributed by atoms with Crippen molar-refractivity contribution in [1.29, 1.82) is 0 Å². The van der Waals surface area contributed by atoms with Gasteiger partial charge in [0.1, 0.15) is 65.6 Å². The number of carbonyl (C=O) groups excluding carboxylic acids is 8. The zero-order valence-electron chi connectivity index (χ0n) is 48.7. The average molecular weight is 1210 g/mol. The summed E-state index contributed by atoms with van der Waals surface area (Å²) in [7, 11) is 0. The molecule has 3 aromatic carbocycles. The van der Waals surface area contributed by atoms with Crippen molar-refractivity contribution in [2.75, 3.05) is 18.6 Å². The maximum absolute atomic E-state index is 14.5. The van der Waals surface area contributed by atoms with Crippen LogP contribution in [0.25, 0.3) is 0 Å². The number of rotatable bonds is 37. The van der Waals surface area contributed by atoms with Gasteiger partial charge in [0.05, 0.1) is 18.6 Å². The molecule has 26 nitrogen and oxygen atoms in total. The summed E-state index contributed by atoms with van der Waals surface area (Å²) in [5.74, 6) is -11.6. The molecule has 85 heavy (non-hydrogen) atoms. The number of carbonyl (C=O) groups is 10. The second-order valence-electron chi connectivity index (χ2n) is 21.0. The molecule has 0 heterocycles. The first-order valence-electron chi connectivity index (χ1n) is 28.1. The lowest BCUT2D eigenvalue weighted by atomic mass is 9.96. The predicted molar refractivity (Wildman–Crippen MR) is 315 cm³/mol. The van der Waals surface area contributed by atoms with Crippen molar-refractivity contribution in [3.05, 3.63) is 89.5 Å². The number of nitrogens with one attached hydrogen (secondary N) is 8. The summed E-state index contributed by atoms with van der Waals surface area (Å²) in [6.07, 6.45) is -0.0864. The Bertz CT molecular complexity index is 2700. The smallest absolute Gasteiger partial charge is 0.326 e. The Balaban J connectivity index is 1.90. The minimum atomic E-state index is -1.88. The van der Waals surface area contributed by atoms with Crippen LogP contribution in [0.3, 0.4) is 0 Å². The van der Waals surface area contributed by atoms with Crippen molar-refractivity contribution in [1.82, 2.24) is 42.5 Å². The van der Waals surface area contributed by atoms with Crippen LogP contribution in [0.5, 0.6) is 17.2 Å². The molecule has 3 aromatic rings. The quantitative estimate of drug-likeness (QED) is 0.0337. The Labute approximate surface area is 498 Å². The largest absolute Gasteiger partial charge is 0.508 e. The van der Waals surface area contributed by atoms with Crippen molar-refractivity contribution in [3.8, 4) is 17.2 Å². The molecule has 0 aliphatic heterocycles. The van der Waals surface area contributed by atoms with Crippen molar-refractivity contribution in [3.63, 3.8) is 0 Å². The molecule has 18 N–H and O–H groups in total. The van der Waals surface area contributed by atoms with E-state index in [1.165, 1.54) is 79.3 Å². The van der Waals surface area contributed by atoms with Crippen LogP contribution < -0.4 is 54.0 Å². The fourth-order valence-electron chi connectivity index (χ4n) is 8.68. The van der Waals surface area contributed by atoms with Crippen molar-refractivity contribution < 1.29 is 78.6 Å². The Morgan fingerprint density at radius 3 is 1.27 bits per heavy atom. The Morgan fingerprint density at radius 2 is 0.835 bits per heavy atom. The van der Waals surface area contributed by atoms with Gasteiger partial charge in [0.25, 0.3) is 0 Å². The van der Waals surface area contributed by atoms with E-state index in [1.54, 1.807) is 46.1 Å². The van der Waals surface area contributed by atoms with E-state index in [1.807, 2.05) is 0 Å². The lowest BCUT2D eigenvalue weighted by molar-refractivity contribution is -0.142. The first kappa shape index (κ1) is 71.3. The first-order chi connectivity index (χ1) is 40.2. The van der Waals surface area contributed by atoms with Crippen LogP contribution >= 0.6 is 11.8 Å². The number of thioether (sulfide) groups is 1. The highest BCUT2D eigenvalue weighted by molar-refractivity contribution is 7.98. The standard InChI is InChI=1S/C58H84N10O16S/c1-7-31(3)47(56(81)64-43(28-35-14-20-38(71)21-15-35)53(78)61-42(24-26-85-6)52(77)65-45(58(83)84)29-36-16-22-39(72)23-17-36)66-54(79)44(30-46(73)74)63-51(76)41(11-9-10-25-59)62-55(80)48(32(4)8-2)67-57(82)49(33(5)69)68-50(75)40(60)27-34-12-18-37(70)19-13-34/h12-23,31-33,40-45,47-49,69-72H,7-11,24-30,59-60H2,1-6H3,(H,61,78)(H,62,80)(H,63,76)(H,64,81)(H,65,77)(H,66,79)(H,67,82)(H,68,75)(H,73,74)(H,83,84)/t31-,32-,33+,40-,41-,42-,43-,44-,45-,47-,48-,49-/m0/s1. The molecule has 3 rings (SSSR count). The SMILES string of the molecule is CC[C@H](C)[C@H](NC(=O)[C@H](CC(=O)O)NC(=O)[C@H](CCCCN)NC(=O)[C@@H](NC(=O)[C@@H](NC(=O)[C@@H](N)Cc1ccc(O)cc1)[C@@H](C)O)[C@@H](C)CC)C(=O)N[C@@H](Cc1ccc(O)cc1)C(=O)N[C@@H](CCSC)C(=O)N[C@@H](Cc1ccc(O)cc1)C(=O)O. The monoisotopic (exact) mass is 1210 g/mol. The summed E-state index contributed by atoms with van der Waals surface area (Å²) in [5.41, 5.74) is 13.4. The molecule has 0 radical (unpaired) electrons. The van der Waals surface area contributed by atoms with Crippen LogP contribution in [-0.4, -0.2) is 169 Å². The summed E-state index contributed by atoms with van der Waals surface area (Å²) in [6, 6.07) is 3.96. The van der Waals surface area contributed by atoms with Gasteiger partial charge >= 0.3 is 11.9 Å². The molecule has 27 heteroatoms. The van der Waals surface area contributed by atoms with Gasteiger partial charge in [0.2, 0.25) is 47.3 Å². The summed E-state index contributed by atoms with van der Waals surface area (Å²) in [5, 5.41) is 80.3. The highest BCUT2D eigenvalue weighted by Crippen LogP contribution is 2.18. The maximum atomic E-state index is 14.5. The van der Waals surface area contributed by atoms with Crippen LogP contribution in [0.2, 0.25) is 0 Å². The first-order valence-corrected chi connectivity index (χ1v) is 29.4. The van der Waals surface area contributed by atoms with Crippen LogP contribution in [-0.2, 0) is 67.2 Å². The minimum absolute atomic E-state index is 0.00277. The number of aromatic hydroxyl groups is 3. The van der Waals surface area contributed by atoms with Crippen molar-refractivity contribution in [2.24, 2.45) is 23.3 Å². The number of nitrogens with two attached hydrogens (primary N) is 2. The number of phenols is 3. The lowest BCUT2D eigenvalue weighted by Gasteiger charge is -2.30. The molecule has 0 unspecified atom stereocenters. The van der Waals surface area contributed by atoms with Crippen molar-refractivity contribution >= 4 is 71.0 Å². The van der Waals surface area contributed by atoms with E-state index in [0.29, 0.717) is 35.3 Å². The number of amides is 8. The molecular weight excluding hydrogens is 1120 g/mol. The third-order valence-corrected chi connectivity index (χ3v) is 14.9. The van der Waals surface area contributed by atoms with E-state index in [4.69, 9.17) is 11.5 Å². The van der Waals surface area contributed by atoms with Crippen LogP contribution in [0.15, 0.2) is 72.8 Å². The van der Waals surface area contributed by atoms with E-state index in [9.17, 15) is 78.6 Å². The normalized spacial score (nSPS) is 15.4. The minimum Gasteiger partial charge on any atom is -0.508 e. The number of phenolic OH excluding ortho intramolecular Hbond substituents is 3. The maximum Gasteiger partial charge on any atom is 0.326 e. The van der Waals surface area contributed by atoms with Crippen LogP contribution in [0, 0.1) is 11.8 Å². The Morgan fingerprint density at radius 1 is 0.471 bits per heavy atom. The second-order valence-corrected chi connectivity index (χ2v) is 22.0. The molecule has 0 saturated carbocycles. The van der Waals surface area contributed by atoms with E-state index in [2.05, 4.69) is 42.5 Å². The molecule has 468 valence electrons. The molecule has 0 aliphatic rings. The Hall–Kier alpha value is -8.01. The molecule has 0 fully saturated rings. The van der Waals surface area contributed by atoms with E-state index in [0.717, 1.165) is 0 Å². The highest BCUT2D eigenvalue weighted by Gasteiger charge is 2.38. The average Bonchev–Trinajstić information content (AvgIpc) is 3.60. The number of unbranched alkanes of at least 4 members (excludes halogenated alkanes) is 1. The molecule has 0 saturated heterocycles. The van der Waals surface area contributed by atoms with Gasteiger partial charge in [-0.3, -0.25) is 43.2 Å². The summed E-state index contributed by atoms with van der Waals surface area (Å²) >= 11 is 1.34. The third kappa shape index (κ3) is 24.2. The molecule has 0 aromatic heterocycles. The van der Waals surface area contributed by atoms with Crippen LogP contribution in [0.1, 0.15) is 96.3 Å². The number of aliphatic hydroxyl groups is 1. The number of benzene rings is 3. The molecule has 0 bridgehead atoms. The van der Waals surface area contributed by atoms with Crippen molar-refractivity contribution in [2.45, 2.75) is 159 Å².